The Morgan fingerprint density at radius 3 is 2.88 bits per heavy atom. The largest absolute Gasteiger partial charge is 0.488 e. The monoisotopic (exact) mass is 490 g/mol. The molecule has 0 N–H and O–H groups in total. The average molecular weight is 492 g/mol. The summed E-state index contributed by atoms with van der Waals surface area (Å²) in [5, 5.41) is 0. The van der Waals surface area contributed by atoms with Crippen molar-refractivity contribution in [3.8, 4) is 5.75 Å². The Morgan fingerprint density at radius 2 is 2.08 bits per heavy atom. The zero-order chi connectivity index (χ0) is 18.3. The van der Waals surface area contributed by atoms with E-state index in [1.54, 1.807) is 10.5 Å². The van der Waals surface area contributed by atoms with E-state index in [1.165, 1.54) is 11.3 Å². The normalized spacial score (nSPS) is 12.2. The number of halogens is 2. The highest BCUT2D eigenvalue weighted by molar-refractivity contribution is 9.11. The van der Waals surface area contributed by atoms with Crippen LogP contribution in [0, 0.1) is 0 Å². The zero-order valence-corrected chi connectivity index (χ0v) is 17.4. The van der Waals surface area contributed by atoms with Crippen LogP contribution in [0.3, 0.4) is 0 Å². The third kappa shape index (κ3) is 3.00. The minimum atomic E-state index is -0.0792. The molecule has 0 fully saturated rings. The van der Waals surface area contributed by atoms with Crippen LogP contribution in [0.1, 0.15) is 5.56 Å². The fourth-order valence-corrected chi connectivity index (χ4v) is 5.09. The minimum absolute atomic E-state index is 0.0792. The first-order chi connectivity index (χ1) is 12.6. The van der Waals surface area contributed by atoms with Gasteiger partial charge in [0.15, 0.2) is 4.96 Å². The molecule has 0 spiro atoms. The van der Waals surface area contributed by atoms with Gasteiger partial charge in [0.25, 0.3) is 5.56 Å². The smallest absolute Gasteiger partial charge is 0.274 e. The van der Waals surface area contributed by atoms with Crippen molar-refractivity contribution < 1.29 is 4.74 Å². The molecule has 0 saturated carbocycles. The third-order valence-corrected chi connectivity index (χ3v) is 5.83. The summed E-state index contributed by atoms with van der Waals surface area (Å²) in [7, 11) is 0. The van der Waals surface area contributed by atoms with Crippen LogP contribution < -0.4 is 14.8 Å². The molecule has 2 aromatic heterocycles. The quantitative estimate of drug-likeness (QED) is 0.393. The summed E-state index contributed by atoms with van der Waals surface area (Å²) in [6.07, 6.45) is 3.52. The van der Waals surface area contributed by atoms with Crippen LogP contribution >= 0.6 is 43.2 Å². The van der Waals surface area contributed by atoms with Gasteiger partial charge in [-0.05, 0) is 46.3 Å². The Morgan fingerprint density at radius 1 is 1.27 bits per heavy atom. The van der Waals surface area contributed by atoms with Crippen molar-refractivity contribution in [1.29, 1.82) is 0 Å². The number of ether oxygens (including phenoxy) is 1. The number of fused-ring (bicyclic) bond motifs is 3. The molecule has 0 aliphatic rings. The molecule has 0 amide bonds. The molecule has 26 heavy (non-hydrogen) atoms. The van der Waals surface area contributed by atoms with Gasteiger partial charge < -0.3 is 4.74 Å². The van der Waals surface area contributed by atoms with Crippen LogP contribution in [-0.2, 0) is 0 Å². The molecule has 2 aromatic carbocycles. The predicted octanol–water partition coefficient (Wildman–Crippen LogP) is 4.55. The summed E-state index contributed by atoms with van der Waals surface area (Å²) >= 11 is 8.37. The van der Waals surface area contributed by atoms with Gasteiger partial charge in [0, 0.05) is 10.0 Å². The summed E-state index contributed by atoms with van der Waals surface area (Å²) < 4.78 is 9.73. The van der Waals surface area contributed by atoms with Crippen molar-refractivity contribution in [1.82, 2.24) is 9.38 Å². The Kier molecular flexibility index (Phi) is 4.69. The molecular formula is C19H12Br2N2O2S. The van der Waals surface area contributed by atoms with Gasteiger partial charge in [-0.15, -0.1) is 0 Å². The van der Waals surface area contributed by atoms with Crippen molar-refractivity contribution in [3.63, 3.8) is 0 Å². The van der Waals surface area contributed by atoms with E-state index in [0.717, 1.165) is 25.5 Å². The topological polar surface area (TPSA) is 43.6 Å². The van der Waals surface area contributed by atoms with Gasteiger partial charge in [0.05, 0.1) is 20.0 Å². The first kappa shape index (κ1) is 17.5. The summed E-state index contributed by atoms with van der Waals surface area (Å²) in [5.74, 6) is 0.670. The lowest BCUT2D eigenvalue weighted by Gasteiger charge is -2.10. The van der Waals surface area contributed by atoms with E-state index in [1.807, 2.05) is 42.5 Å². The first-order valence-electron chi connectivity index (χ1n) is 7.73. The van der Waals surface area contributed by atoms with Crippen LogP contribution in [0.5, 0.6) is 5.75 Å². The summed E-state index contributed by atoms with van der Waals surface area (Å²) in [6.45, 7) is 4.06. The molecule has 4 aromatic rings. The van der Waals surface area contributed by atoms with Crippen LogP contribution in [0.25, 0.3) is 22.1 Å². The van der Waals surface area contributed by atoms with E-state index < -0.39 is 0 Å². The number of benzene rings is 2. The molecule has 0 atom stereocenters. The van der Waals surface area contributed by atoms with E-state index in [2.05, 4.69) is 43.4 Å². The molecule has 4 rings (SSSR count). The molecule has 0 bridgehead atoms. The number of thiazole rings is 1. The molecule has 0 radical (unpaired) electrons. The van der Waals surface area contributed by atoms with Gasteiger partial charge in [0.2, 0.25) is 0 Å². The Hall–Kier alpha value is -1.96. The summed E-state index contributed by atoms with van der Waals surface area (Å²) in [6, 6.07) is 11.5. The van der Waals surface area contributed by atoms with Crippen LogP contribution in [0.2, 0.25) is 0 Å². The SMILES string of the molecule is C=CCOc1c(Br)cc(Br)cc1C=c1sc2nc3ccccc3n2c1=O. The van der Waals surface area contributed by atoms with Gasteiger partial charge in [0.1, 0.15) is 12.4 Å². The third-order valence-electron chi connectivity index (χ3n) is 3.81. The highest BCUT2D eigenvalue weighted by Crippen LogP contribution is 2.33. The van der Waals surface area contributed by atoms with Gasteiger partial charge in [-0.2, -0.15) is 0 Å². The van der Waals surface area contributed by atoms with Gasteiger partial charge in [-0.1, -0.05) is 52.1 Å². The van der Waals surface area contributed by atoms with Gasteiger partial charge in [-0.3, -0.25) is 4.79 Å². The van der Waals surface area contributed by atoms with Crippen molar-refractivity contribution in [2.75, 3.05) is 6.61 Å². The molecule has 2 heterocycles. The number of rotatable bonds is 4. The summed E-state index contributed by atoms with van der Waals surface area (Å²) in [4.78, 5) is 18.2. The van der Waals surface area contributed by atoms with Crippen molar-refractivity contribution >= 4 is 65.3 Å². The van der Waals surface area contributed by atoms with E-state index in [0.29, 0.717) is 21.8 Å². The maximum Gasteiger partial charge on any atom is 0.274 e. The lowest BCUT2D eigenvalue weighted by Crippen LogP contribution is -2.22. The Balaban J connectivity index is 1.96. The van der Waals surface area contributed by atoms with Crippen LogP contribution in [0.15, 0.2) is 62.8 Å². The predicted molar refractivity (Wildman–Crippen MR) is 113 cm³/mol. The van der Waals surface area contributed by atoms with Crippen LogP contribution in [-0.4, -0.2) is 16.0 Å². The second-order valence-corrected chi connectivity index (χ2v) is 8.32. The molecule has 0 aliphatic carbocycles. The highest BCUT2D eigenvalue weighted by Gasteiger charge is 2.13. The molecule has 130 valence electrons. The number of para-hydroxylation sites is 2. The lowest BCUT2D eigenvalue weighted by molar-refractivity contribution is 0.360. The average Bonchev–Trinajstić information content (AvgIpc) is 3.11. The Labute approximate surface area is 169 Å². The number of hydrogen-bond acceptors (Lipinski definition) is 4. The molecule has 7 heteroatoms. The lowest BCUT2D eigenvalue weighted by atomic mass is 10.2. The van der Waals surface area contributed by atoms with Gasteiger partial charge in [-0.25, -0.2) is 9.38 Å². The minimum Gasteiger partial charge on any atom is -0.488 e. The van der Waals surface area contributed by atoms with E-state index in [-0.39, 0.29) is 5.56 Å². The summed E-state index contributed by atoms with van der Waals surface area (Å²) in [5.41, 5.74) is 2.37. The second kappa shape index (κ2) is 6.98. The number of hydrogen-bond donors (Lipinski definition) is 0. The maximum absolute atomic E-state index is 12.9. The molecule has 0 aliphatic heterocycles. The van der Waals surface area contributed by atoms with Crippen LogP contribution in [0.4, 0.5) is 0 Å². The van der Waals surface area contributed by atoms with Crippen molar-refractivity contribution in [2.45, 2.75) is 0 Å². The number of aromatic nitrogens is 2. The zero-order valence-electron chi connectivity index (χ0n) is 13.4. The maximum atomic E-state index is 12.9. The van der Waals surface area contributed by atoms with Crippen molar-refractivity contribution in [2.24, 2.45) is 0 Å². The fourth-order valence-electron chi connectivity index (χ4n) is 2.74. The first-order valence-corrected chi connectivity index (χ1v) is 10.1. The molecule has 4 nitrogen and oxygen atoms in total. The van der Waals surface area contributed by atoms with E-state index >= 15 is 0 Å². The van der Waals surface area contributed by atoms with E-state index in [4.69, 9.17) is 4.74 Å². The number of nitrogens with zero attached hydrogens (tertiary/aromatic N) is 2. The molecule has 0 unspecified atom stereocenters. The fraction of sp³-hybridized carbons (Fsp3) is 0.0526. The molecular weight excluding hydrogens is 480 g/mol. The number of imidazole rings is 1. The Bertz CT molecular complexity index is 1260. The van der Waals surface area contributed by atoms with E-state index in [9.17, 15) is 4.79 Å². The van der Waals surface area contributed by atoms with Gasteiger partial charge >= 0.3 is 0 Å². The molecule has 0 saturated heterocycles. The standard InChI is InChI=1S/C19H12Br2N2O2S/c1-2-7-25-17-11(8-12(20)10-13(17)21)9-16-18(24)23-15-6-4-3-5-14(15)22-19(23)26-16/h2-6,8-10H,1,7H2. The van der Waals surface area contributed by atoms with Crippen molar-refractivity contribution in [3.05, 3.63) is 78.4 Å². The highest BCUT2D eigenvalue weighted by atomic mass is 79.9. The second-order valence-electron chi connectivity index (χ2n) is 5.54.